The van der Waals surface area contributed by atoms with Crippen LogP contribution in [0.15, 0.2) is 157 Å². The number of aryl methyl sites for hydroxylation is 3. The Kier molecular flexibility index (Phi) is 31.2. The van der Waals surface area contributed by atoms with E-state index in [0.29, 0.717) is 68.8 Å². The molecule has 0 aliphatic carbocycles. The standard InChI is InChI=1S/C18H10BrCl2F3N4OS.C12H10ClF3N2O.C8H11N.C6HBrCl2N2S.C6H3BrN2O2S.C6H4N2O2S.C6H7NO2S.CH4N2O/c1-8-4-5-28(27-8)12-6-9(20)2-3-10(12)15(18(22,23)24)29-16-14-13(11(19)7-30-14)25-17(21)26-16;1-7-4-5-18(17-7)10-6-8(13)2-3-9(10)11(19)12(14,15)16;1-7-2-4-8(6-9)5-3-7;7-2-1-12-4-3(2)10-6(9)11-5(4)8;7-2-1-12-4-3(2)8-6(11)9-5(4)10;9-5-4-3(1-2-11-4)7-6(10)8-5;1-9-6(8)5-4(7)2-3-10-5;2-1(3)4/h2-7,15H,1H3;2-6,11,19H,1H3;2-5H,6,9H2,1H3;1H;1H,(H2,8,9,10,11);1-2H,(H2,7,8,9,10);2-3H,7H2,1H3;(H4,2,3,4)/t15-;11-;;;;;;/m11....../s1. The van der Waals surface area contributed by atoms with Crippen LogP contribution in [0.4, 0.5) is 36.8 Å². The number of methoxy groups -OCH3 is 1. The number of anilines is 1. The van der Waals surface area contributed by atoms with Crippen LogP contribution in [0.5, 0.6) is 5.88 Å². The Morgan fingerprint density at radius 1 is 0.607 bits per heavy atom. The average Bonchev–Trinajstić information content (AvgIpc) is 1.79. The number of alkyl halides is 6. The van der Waals surface area contributed by atoms with E-state index in [1.807, 2.05) is 5.38 Å². The second kappa shape index (κ2) is 38.8. The minimum atomic E-state index is -4.76. The third-order valence-corrected chi connectivity index (χ3v) is 21.8. The highest BCUT2D eigenvalue weighted by Crippen LogP contribution is 2.44. The van der Waals surface area contributed by atoms with Crippen molar-refractivity contribution in [2.45, 2.75) is 51.9 Å². The summed E-state index contributed by atoms with van der Waals surface area (Å²) in [5.74, 6) is -0.631. The molecule has 0 unspecified atom stereocenters. The van der Waals surface area contributed by atoms with E-state index < -0.39 is 42.0 Å². The number of thiophene rings is 5. The second-order valence-electron chi connectivity index (χ2n) is 20.9. The molecular weight excluding hydrogens is 1820 g/mol. The number of ether oxygens (including phenoxy) is 2. The second-order valence-corrected chi connectivity index (χ2v) is 29.8. The number of rotatable bonds is 8. The van der Waals surface area contributed by atoms with Gasteiger partial charge in [0.15, 0.2) is 11.3 Å². The van der Waals surface area contributed by atoms with Gasteiger partial charge < -0.3 is 47.5 Å². The fraction of sp³-hybridized carbons (Fsp3) is 0.143. The number of primary amides is 2. The third kappa shape index (κ3) is 24.2. The fourth-order valence-corrected chi connectivity index (χ4v) is 15.4. The number of nitrogens with one attached hydrogen (secondary N) is 4. The number of urea groups is 1. The van der Waals surface area contributed by atoms with E-state index in [1.54, 1.807) is 65.8 Å². The van der Waals surface area contributed by atoms with Crippen LogP contribution in [0.25, 0.3) is 52.2 Å². The minimum Gasteiger partial charge on any atom is -0.465 e. The number of esters is 1. The Balaban J connectivity index is 0.000000181. The van der Waals surface area contributed by atoms with E-state index in [9.17, 15) is 55.4 Å². The predicted molar refractivity (Wildman–Crippen MR) is 419 cm³/mol. The van der Waals surface area contributed by atoms with Gasteiger partial charge in [-0.05, 0) is 157 Å². The van der Waals surface area contributed by atoms with Crippen LogP contribution in [0.1, 0.15) is 55.5 Å². The van der Waals surface area contributed by atoms with Gasteiger partial charge in [-0.1, -0.05) is 76.8 Å². The molecule has 3 aromatic carbocycles. The van der Waals surface area contributed by atoms with Crippen molar-refractivity contribution in [2.75, 3.05) is 12.8 Å². The molecule has 14 rings (SSSR count). The van der Waals surface area contributed by atoms with E-state index in [0.717, 1.165) is 36.6 Å². The first-order valence-electron chi connectivity index (χ1n) is 29.2. The zero-order valence-electron chi connectivity index (χ0n) is 54.4. The van der Waals surface area contributed by atoms with Crippen molar-refractivity contribution < 1.29 is 50.5 Å². The van der Waals surface area contributed by atoms with Crippen LogP contribution >= 0.6 is 162 Å². The summed E-state index contributed by atoms with van der Waals surface area (Å²) >= 11 is 45.6. The molecule has 11 heterocycles. The minimum absolute atomic E-state index is 0.102. The van der Waals surface area contributed by atoms with Crippen molar-refractivity contribution in [3.8, 4) is 17.3 Å². The van der Waals surface area contributed by atoms with Crippen molar-refractivity contribution in [3.63, 3.8) is 0 Å². The topological polar surface area (TPSA) is 396 Å². The van der Waals surface area contributed by atoms with E-state index >= 15 is 0 Å². The summed E-state index contributed by atoms with van der Waals surface area (Å²) in [6.07, 6.45) is -11.4. The van der Waals surface area contributed by atoms with Gasteiger partial charge in [-0.2, -0.15) is 41.5 Å². The molecule has 0 aliphatic heterocycles. The molecule has 0 spiro atoms. The number of H-pyrrole nitrogens is 4. The number of aromatic nitrogens is 12. The van der Waals surface area contributed by atoms with Gasteiger partial charge in [0.2, 0.25) is 22.6 Å². The lowest BCUT2D eigenvalue weighted by molar-refractivity contribution is -0.206. The monoisotopic (exact) mass is 1860 g/mol. The van der Waals surface area contributed by atoms with Crippen LogP contribution in [0, 0.1) is 20.8 Å². The summed E-state index contributed by atoms with van der Waals surface area (Å²) < 4.78 is 97.2. The number of hydrogen-bond acceptors (Lipinski definition) is 22. The zero-order chi connectivity index (χ0) is 78.9. The highest BCUT2D eigenvalue weighted by Gasteiger charge is 2.46. The van der Waals surface area contributed by atoms with E-state index in [1.165, 1.54) is 109 Å². The van der Waals surface area contributed by atoms with Crippen LogP contribution in [0.2, 0.25) is 25.8 Å². The Morgan fingerprint density at radius 2 is 1.10 bits per heavy atom. The Bertz CT molecular complexity index is 5670. The smallest absolute Gasteiger partial charge is 0.429 e. The van der Waals surface area contributed by atoms with Gasteiger partial charge in [0.1, 0.15) is 30.0 Å². The Morgan fingerprint density at radius 3 is 1.62 bits per heavy atom. The SMILES string of the molecule is COC(=O)c1sccc1N.Cc1ccc(CN)cc1.Cc1ccn(-c2cc(Cl)ccc2[C@@H](O)C(F)(F)F)n1.Cc1ccn(-c2cc(Cl)ccc2[C@@H](Oc2nc(Cl)nc3c(Br)csc23)C(F)(F)F)n1.Clc1nc(Cl)c2scc(Br)c2n1.NC(N)=O.O=c1[nH]c(=O)c2scc(Br)c2[nH]1.O=c1[nH]c(=O)c2sccc2[nH]1. The van der Waals surface area contributed by atoms with Gasteiger partial charge in [0.05, 0.1) is 64.7 Å². The van der Waals surface area contributed by atoms with Crippen molar-refractivity contribution in [1.29, 1.82) is 0 Å². The molecule has 14 aromatic rings. The number of aliphatic hydroxyl groups excluding tert-OH is 1. The molecular formula is C63H50Br3Cl5F6N16O9S5. The van der Waals surface area contributed by atoms with Crippen molar-refractivity contribution >= 4 is 221 Å². The molecule has 0 fully saturated rings. The number of benzene rings is 3. The lowest BCUT2D eigenvalue weighted by atomic mass is 10.1. The Hall–Kier alpha value is -8.13. The number of aromatic amines is 4. The van der Waals surface area contributed by atoms with Crippen molar-refractivity contribution in [1.82, 2.24) is 59.4 Å². The van der Waals surface area contributed by atoms with E-state index in [-0.39, 0.29) is 66.1 Å². The fourth-order valence-electron chi connectivity index (χ4n) is 8.45. The van der Waals surface area contributed by atoms with Crippen molar-refractivity contribution in [3.05, 3.63) is 244 Å². The van der Waals surface area contributed by atoms with Crippen LogP contribution < -0.4 is 50.2 Å². The van der Waals surface area contributed by atoms with E-state index in [4.69, 9.17) is 79.0 Å². The molecule has 13 N–H and O–H groups in total. The predicted octanol–water partition coefficient (Wildman–Crippen LogP) is 17.0. The molecule has 0 saturated heterocycles. The van der Waals surface area contributed by atoms with Crippen LogP contribution in [0.3, 0.4) is 0 Å². The third-order valence-electron chi connectivity index (χ3n) is 13.1. The lowest BCUT2D eigenvalue weighted by Crippen LogP contribution is -2.28. The number of halogens is 14. The van der Waals surface area contributed by atoms with Gasteiger partial charge in [0, 0.05) is 56.3 Å². The normalized spacial score (nSPS) is 11.5. The lowest BCUT2D eigenvalue weighted by Gasteiger charge is -2.24. The number of carbonyl (C=O) groups excluding carboxylic acids is 2. The van der Waals surface area contributed by atoms with Crippen LogP contribution in [-0.2, 0) is 11.3 Å². The summed E-state index contributed by atoms with van der Waals surface area (Å²) in [6.45, 7) is 6.15. The van der Waals surface area contributed by atoms with E-state index in [2.05, 4.69) is 145 Å². The molecule has 11 aromatic heterocycles. The number of aliphatic hydroxyl groups is 1. The first-order chi connectivity index (χ1) is 50.4. The molecule has 0 radical (unpaired) electrons. The molecule has 2 atom stereocenters. The first-order valence-corrected chi connectivity index (χ1v) is 37.8. The summed E-state index contributed by atoms with van der Waals surface area (Å²) in [5.41, 5.74) is 24.1. The van der Waals surface area contributed by atoms with Gasteiger partial charge in [-0.15, -0.1) is 56.7 Å². The number of nitrogen functional groups attached to an aromatic ring is 1. The number of fused-ring (bicyclic) bond motifs is 4. The number of hydrogen-bond donors (Lipinski definition) is 9. The number of nitrogens with zero attached hydrogens (tertiary/aromatic N) is 8. The first kappa shape index (κ1) is 86.1. The highest BCUT2D eigenvalue weighted by molar-refractivity contribution is 9.11. The van der Waals surface area contributed by atoms with Gasteiger partial charge in [-0.3, -0.25) is 19.6 Å². The number of carbonyl (C=O) groups is 2. The maximum atomic E-state index is 14.1. The van der Waals surface area contributed by atoms with Gasteiger partial charge in [0.25, 0.3) is 11.1 Å². The number of amides is 2. The molecule has 0 aliphatic rings. The summed E-state index contributed by atoms with van der Waals surface area (Å²) in [7, 11) is 1.33. The quantitative estimate of drug-likeness (QED) is 0.0295. The van der Waals surface area contributed by atoms with Gasteiger partial charge in [-0.25, -0.2) is 43.5 Å². The molecule has 25 nitrogen and oxygen atoms in total. The molecule has 564 valence electrons. The molecule has 44 heteroatoms. The molecule has 2 amide bonds. The van der Waals surface area contributed by atoms with Gasteiger partial charge >= 0.3 is 35.7 Å². The maximum absolute atomic E-state index is 14.1. The largest absolute Gasteiger partial charge is 0.465 e. The van der Waals surface area contributed by atoms with Crippen molar-refractivity contribution in [2.24, 2.45) is 17.2 Å². The molecule has 107 heavy (non-hydrogen) atoms. The van der Waals surface area contributed by atoms with Crippen LogP contribution in [-0.4, -0.2) is 96.0 Å². The molecule has 0 saturated carbocycles. The zero-order valence-corrected chi connectivity index (χ0v) is 67.0. The summed E-state index contributed by atoms with van der Waals surface area (Å²) in [4.78, 5) is 89.0. The summed E-state index contributed by atoms with van der Waals surface area (Å²) in [6, 6.07) is 21.9. The number of nitrogens with two attached hydrogens (primary N) is 4. The highest BCUT2D eigenvalue weighted by atomic mass is 79.9. The maximum Gasteiger partial charge on any atom is 0.429 e. The Labute approximate surface area is 667 Å². The summed E-state index contributed by atoms with van der Waals surface area (Å²) in [5, 5.41) is 27.3. The average molecular weight is 1870 g/mol. The molecule has 0 bridgehead atoms.